The summed E-state index contributed by atoms with van der Waals surface area (Å²) in [5, 5.41) is 3.03. The van der Waals surface area contributed by atoms with Crippen molar-refractivity contribution in [2.45, 2.75) is 32.6 Å². The lowest BCUT2D eigenvalue weighted by atomic mass is 9.86. The third-order valence-electron chi connectivity index (χ3n) is 3.32. The Hall–Kier alpha value is -1.61. The third kappa shape index (κ3) is 4.18. The molecule has 0 bridgehead atoms. The highest BCUT2D eigenvalue weighted by molar-refractivity contribution is 9.10. The molecule has 0 aliphatic rings. The van der Waals surface area contributed by atoms with Crippen LogP contribution in [0.5, 0.6) is 0 Å². The van der Waals surface area contributed by atoms with Gasteiger partial charge in [-0.15, -0.1) is 0 Å². The lowest BCUT2D eigenvalue weighted by Gasteiger charge is -2.23. The van der Waals surface area contributed by atoms with Gasteiger partial charge in [-0.25, -0.2) is 0 Å². The van der Waals surface area contributed by atoms with Crippen LogP contribution < -0.4 is 5.32 Å². The lowest BCUT2D eigenvalue weighted by molar-refractivity contribution is -0.115. The van der Waals surface area contributed by atoms with Gasteiger partial charge in [-0.3, -0.25) is 4.79 Å². The van der Waals surface area contributed by atoms with E-state index in [-0.39, 0.29) is 11.3 Å². The minimum absolute atomic E-state index is 0.00130. The molecule has 0 aromatic heterocycles. The molecule has 0 unspecified atom stereocenters. The molecule has 110 valence electrons. The largest absolute Gasteiger partial charge is 0.326 e. The quantitative estimate of drug-likeness (QED) is 0.839. The summed E-state index contributed by atoms with van der Waals surface area (Å²) in [5.74, 6) is -0.00130. The Bertz CT molecular complexity index is 644. The number of rotatable bonds is 3. The first-order chi connectivity index (χ1) is 9.88. The number of anilines is 1. The second kappa shape index (κ2) is 6.44. The van der Waals surface area contributed by atoms with E-state index in [2.05, 4.69) is 48.1 Å². The minimum atomic E-state index is -0.00277. The first-order valence-corrected chi connectivity index (χ1v) is 7.80. The SMILES string of the molecule is CC(C)(C)c1ccccc1NC(=O)Cc1ccccc1Br. The summed E-state index contributed by atoms with van der Waals surface area (Å²) in [6.07, 6.45) is 0.361. The van der Waals surface area contributed by atoms with Gasteiger partial charge >= 0.3 is 0 Å². The van der Waals surface area contributed by atoms with Crippen LogP contribution in [0.2, 0.25) is 0 Å². The Kier molecular flexibility index (Phi) is 4.84. The Balaban J connectivity index is 2.16. The molecule has 3 heteroatoms. The first-order valence-electron chi connectivity index (χ1n) is 7.00. The Morgan fingerprint density at radius 1 is 1.05 bits per heavy atom. The summed E-state index contributed by atoms with van der Waals surface area (Å²) in [6, 6.07) is 15.8. The molecule has 2 aromatic carbocycles. The van der Waals surface area contributed by atoms with Crippen LogP contribution in [0.3, 0.4) is 0 Å². The maximum absolute atomic E-state index is 12.3. The van der Waals surface area contributed by atoms with Crippen LogP contribution in [0.25, 0.3) is 0 Å². The van der Waals surface area contributed by atoms with Gasteiger partial charge in [0.1, 0.15) is 0 Å². The van der Waals surface area contributed by atoms with Gasteiger partial charge in [0.15, 0.2) is 0 Å². The molecule has 0 fully saturated rings. The molecule has 21 heavy (non-hydrogen) atoms. The van der Waals surface area contributed by atoms with Gasteiger partial charge in [0.25, 0.3) is 0 Å². The second-order valence-corrected chi connectivity index (χ2v) is 6.97. The van der Waals surface area contributed by atoms with Crippen LogP contribution >= 0.6 is 15.9 Å². The van der Waals surface area contributed by atoms with Gasteiger partial charge in [-0.1, -0.05) is 73.1 Å². The summed E-state index contributed by atoms with van der Waals surface area (Å²) in [4.78, 5) is 12.3. The minimum Gasteiger partial charge on any atom is -0.326 e. The fourth-order valence-corrected chi connectivity index (χ4v) is 2.68. The topological polar surface area (TPSA) is 29.1 Å². The van der Waals surface area contributed by atoms with Crippen LogP contribution in [0, 0.1) is 0 Å². The van der Waals surface area contributed by atoms with Crippen LogP contribution in [-0.2, 0) is 16.6 Å². The van der Waals surface area contributed by atoms with E-state index in [4.69, 9.17) is 0 Å². The molecule has 0 saturated carbocycles. The van der Waals surface area contributed by atoms with Crippen LogP contribution in [0.1, 0.15) is 31.9 Å². The lowest BCUT2D eigenvalue weighted by Crippen LogP contribution is -2.20. The number of nitrogens with one attached hydrogen (secondary N) is 1. The van der Waals surface area contributed by atoms with Crippen molar-refractivity contribution in [2.24, 2.45) is 0 Å². The maximum Gasteiger partial charge on any atom is 0.228 e. The van der Waals surface area contributed by atoms with E-state index in [1.165, 1.54) is 0 Å². The summed E-state index contributed by atoms with van der Waals surface area (Å²) < 4.78 is 0.962. The van der Waals surface area contributed by atoms with Crippen molar-refractivity contribution in [1.82, 2.24) is 0 Å². The van der Waals surface area contributed by atoms with Crippen LogP contribution in [0.4, 0.5) is 5.69 Å². The number of benzene rings is 2. The van der Waals surface area contributed by atoms with Crippen LogP contribution in [0.15, 0.2) is 53.0 Å². The Labute approximate surface area is 134 Å². The number of halogens is 1. The zero-order valence-corrected chi connectivity index (χ0v) is 14.2. The number of amides is 1. The van der Waals surface area contributed by atoms with Crippen molar-refractivity contribution in [2.75, 3.05) is 5.32 Å². The zero-order chi connectivity index (χ0) is 15.5. The Morgan fingerprint density at radius 3 is 2.33 bits per heavy atom. The third-order valence-corrected chi connectivity index (χ3v) is 4.09. The van der Waals surface area contributed by atoms with Gasteiger partial charge in [0.2, 0.25) is 5.91 Å². The van der Waals surface area contributed by atoms with E-state index in [0.29, 0.717) is 6.42 Å². The molecule has 0 aliphatic carbocycles. The molecule has 2 nitrogen and oxygen atoms in total. The molecule has 0 saturated heterocycles. The summed E-state index contributed by atoms with van der Waals surface area (Å²) in [6.45, 7) is 6.43. The van der Waals surface area contributed by atoms with Crippen molar-refractivity contribution < 1.29 is 4.79 Å². The molecule has 1 N–H and O–H groups in total. The van der Waals surface area contributed by atoms with Crippen LogP contribution in [-0.4, -0.2) is 5.91 Å². The van der Waals surface area contributed by atoms with E-state index in [1.54, 1.807) is 0 Å². The molecule has 0 atom stereocenters. The predicted molar refractivity (Wildman–Crippen MR) is 91.6 cm³/mol. The standard InChI is InChI=1S/C18H20BrNO/c1-18(2,3)14-9-5-7-11-16(14)20-17(21)12-13-8-4-6-10-15(13)19/h4-11H,12H2,1-3H3,(H,20,21). The molecular weight excluding hydrogens is 326 g/mol. The highest BCUT2D eigenvalue weighted by Gasteiger charge is 2.18. The molecule has 0 heterocycles. The second-order valence-electron chi connectivity index (χ2n) is 6.11. The average molecular weight is 346 g/mol. The summed E-state index contributed by atoms with van der Waals surface area (Å²) in [5.41, 5.74) is 3.02. The first kappa shape index (κ1) is 15.8. The Morgan fingerprint density at radius 2 is 1.67 bits per heavy atom. The van der Waals surface area contributed by atoms with Crippen molar-refractivity contribution in [3.63, 3.8) is 0 Å². The molecule has 0 aliphatic heterocycles. The van der Waals surface area contributed by atoms with E-state index in [1.807, 2.05) is 42.5 Å². The van der Waals surface area contributed by atoms with E-state index in [0.717, 1.165) is 21.3 Å². The normalized spacial score (nSPS) is 11.2. The van der Waals surface area contributed by atoms with Crippen molar-refractivity contribution in [3.05, 3.63) is 64.1 Å². The molecule has 2 rings (SSSR count). The van der Waals surface area contributed by atoms with Gasteiger partial charge in [0, 0.05) is 10.2 Å². The number of para-hydroxylation sites is 1. The molecular formula is C18H20BrNO. The molecule has 1 amide bonds. The van der Waals surface area contributed by atoms with Gasteiger partial charge in [0.05, 0.1) is 6.42 Å². The highest BCUT2D eigenvalue weighted by atomic mass is 79.9. The van der Waals surface area contributed by atoms with Gasteiger partial charge < -0.3 is 5.32 Å². The zero-order valence-electron chi connectivity index (χ0n) is 12.6. The highest BCUT2D eigenvalue weighted by Crippen LogP contribution is 2.29. The van der Waals surface area contributed by atoms with E-state index >= 15 is 0 Å². The summed E-state index contributed by atoms with van der Waals surface area (Å²) in [7, 11) is 0. The fraction of sp³-hybridized carbons (Fsp3) is 0.278. The predicted octanol–water partition coefficient (Wildman–Crippen LogP) is 4.93. The monoisotopic (exact) mass is 345 g/mol. The number of hydrogen-bond donors (Lipinski definition) is 1. The summed E-state index contributed by atoms with van der Waals surface area (Å²) >= 11 is 3.48. The van der Waals surface area contributed by atoms with E-state index < -0.39 is 0 Å². The van der Waals surface area contributed by atoms with Crippen molar-refractivity contribution in [1.29, 1.82) is 0 Å². The van der Waals surface area contributed by atoms with Crippen molar-refractivity contribution in [3.8, 4) is 0 Å². The fourth-order valence-electron chi connectivity index (χ4n) is 2.26. The molecule has 0 radical (unpaired) electrons. The number of hydrogen-bond acceptors (Lipinski definition) is 1. The number of carbonyl (C=O) groups excluding carboxylic acids is 1. The molecule has 2 aromatic rings. The smallest absolute Gasteiger partial charge is 0.228 e. The average Bonchev–Trinajstić information content (AvgIpc) is 2.41. The van der Waals surface area contributed by atoms with E-state index in [9.17, 15) is 4.79 Å². The molecule has 0 spiro atoms. The van der Waals surface area contributed by atoms with Gasteiger partial charge in [-0.2, -0.15) is 0 Å². The van der Waals surface area contributed by atoms with Gasteiger partial charge in [-0.05, 0) is 28.7 Å². The number of carbonyl (C=O) groups is 1. The van der Waals surface area contributed by atoms with Crippen molar-refractivity contribution >= 4 is 27.5 Å². The maximum atomic E-state index is 12.3.